The average molecular weight is 214 g/mol. The predicted octanol–water partition coefficient (Wildman–Crippen LogP) is 0.671. The number of carbonyl (C=O) groups excluding carboxylic acids is 1. The molecule has 0 aromatic carbocycles. The van der Waals surface area contributed by atoms with E-state index in [0.717, 1.165) is 32.4 Å². The summed E-state index contributed by atoms with van der Waals surface area (Å²) in [5.41, 5.74) is 0. The van der Waals surface area contributed by atoms with Crippen molar-refractivity contribution in [2.24, 2.45) is 0 Å². The Morgan fingerprint density at radius 2 is 2.13 bits per heavy atom. The summed E-state index contributed by atoms with van der Waals surface area (Å²) in [4.78, 5) is 11.4. The van der Waals surface area contributed by atoms with E-state index in [-0.39, 0.29) is 5.91 Å². The van der Waals surface area contributed by atoms with Crippen molar-refractivity contribution in [2.75, 3.05) is 26.8 Å². The topological polar surface area (TPSA) is 50.4 Å². The van der Waals surface area contributed by atoms with E-state index in [1.54, 1.807) is 7.11 Å². The highest BCUT2D eigenvalue weighted by atomic mass is 16.5. The van der Waals surface area contributed by atoms with Gasteiger partial charge in [0.25, 0.3) is 0 Å². The molecule has 0 unspecified atom stereocenters. The fraction of sp³-hybridized carbons (Fsp3) is 0.909. The molecule has 88 valence electrons. The molecule has 1 aliphatic rings. The molecular formula is C11H22N2O2. The van der Waals surface area contributed by atoms with Gasteiger partial charge in [0.2, 0.25) is 5.91 Å². The Balaban J connectivity index is 1.93. The molecule has 0 spiro atoms. The Hall–Kier alpha value is -0.610. The molecule has 0 aliphatic heterocycles. The maximum absolute atomic E-state index is 11.4. The normalized spacial score (nSPS) is 16.9. The molecule has 0 bridgehead atoms. The van der Waals surface area contributed by atoms with E-state index in [9.17, 15) is 4.79 Å². The molecule has 0 aromatic rings. The van der Waals surface area contributed by atoms with E-state index in [1.165, 1.54) is 12.8 Å². The molecular weight excluding hydrogens is 192 g/mol. The Kier molecular flexibility index (Phi) is 6.36. The van der Waals surface area contributed by atoms with E-state index in [2.05, 4.69) is 10.6 Å². The van der Waals surface area contributed by atoms with E-state index < -0.39 is 0 Å². The van der Waals surface area contributed by atoms with Crippen molar-refractivity contribution in [1.82, 2.24) is 10.6 Å². The highest BCUT2D eigenvalue weighted by Crippen LogP contribution is 2.17. The van der Waals surface area contributed by atoms with Crippen LogP contribution in [-0.2, 0) is 9.53 Å². The summed E-state index contributed by atoms with van der Waals surface area (Å²) in [5.74, 6) is 0.124. The summed E-state index contributed by atoms with van der Waals surface area (Å²) in [6.45, 7) is 2.02. The summed E-state index contributed by atoms with van der Waals surface area (Å²) < 4.78 is 4.92. The molecule has 0 atom stereocenters. The second kappa shape index (κ2) is 7.65. The van der Waals surface area contributed by atoms with Crippen molar-refractivity contribution in [1.29, 1.82) is 0 Å². The van der Waals surface area contributed by atoms with Crippen LogP contribution in [-0.4, -0.2) is 38.8 Å². The first-order valence-electron chi connectivity index (χ1n) is 5.82. The smallest absolute Gasteiger partial charge is 0.234 e. The number of carbonyl (C=O) groups is 1. The van der Waals surface area contributed by atoms with Gasteiger partial charge < -0.3 is 15.4 Å². The minimum atomic E-state index is 0.124. The molecule has 4 nitrogen and oxygen atoms in total. The van der Waals surface area contributed by atoms with Gasteiger partial charge in [-0.25, -0.2) is 0 Å². The van der Waals surface area contributed by atoms with Crippen molar-refractivity contribution >= 4 is 5.91 Å². The lowest BCUT2D eigenvalue weighted by Gasteiger charge is -2.12. The molecule has 15 heavy (non-hydrogen) atoms. The van der Waals surface area contributed by atoms with E-state index in [0.29, 0.717) is 12.6 Å². The molecule has 0 aromatic heterocycles. The largest absolute Gasteiger partial charge is 0.385 e. The van der Waals surface area contributed by atoms with Crippen LogP contribution in [0.5, 0.6) is 0 Å². The highest BCUT2D eigenvalue weighted by Gasteiger charge is 2.16. The van der Waals surface area contributed by atoms with Crippen molar-refractivity contribution in [3.63, 3.8) is 0 Å². The van der Waals surface area contributed by atoms with Gasteiger partial charge in [-0.2, -0.15) is 0 Å². The van der Waals surface area contributed by atoms with Gasteiger partial charge in [-0.1, -0.05) is 12.8 Å². The van der Waals surface area contributed by atoms with Crippen LogP contribution in [0.25, 0.3) is 0 Å². The monoisotopic (exact) mass is 214 g/mol. The van der Waals surface area contributed by atoms with Crippen molar-refractivity contribution in [3.8, 4) is 0 Å². The van der Waals surface area contributed by atoms with Crippen LogP contribution in [0.1, 0.15) is 32.1 Å². The van der Waals surface area contributed by atoms with Crippen LogP contribution in [0.15, 0.2) is 0 Å². The van der Waals surface area contributed by atoms with Crippen LogP contribution in [0.4, 0.5) is 0 Å². The van der Waals surface area contributed by atoms with E-state index in [4.69, 9.17) is 4.74 Å². The zero-order valence-corrected chi connectivity index (χ0v) is 9.55. The minimum Gasteiger partial charge on any atom is -0.385 e. The average Bonchev–Trinajstić information content (AvgIpc) is 2.70. The molecule has 4 heteroatoms. The molecule has 1 aliphatic carbocycles. The van der Waals surface area contributed by atoms with Gasteiger partial charge in [-0.05, 0) is 25.8 Å². The van der Waals surface area contributed by atoms with E-state index in [1.807, 2.05) is 0 Å². The van der Waals surface area contributed by atoms with Gasteiger partial charge in [0, 0.05) is 19.8 Å². The van der Waals surface area contributed by atoms with Crippen LogP contribution >= 0.6 is 0 Å². The molecule has 1 rings (SSSR count). The van der Waals surface area contributed by atoms with Gasteiger partial charge in [-0.3, -0.25) is 4.79 Å². The Bertz CT molecular complexity index is 179. The standard InChI is InChI=1S/C11H22N2O2/c1-15-8-4-7-12-9-11(14)13-10-5-2-3-6-10/h10,12H,2-9H2,1H3,(H,13,14). The quantitative estimate of drug-likeness (QED) is 0.612. The maximum atomic E-state index is 11.4. The maximum Gasteiger partial charge on any atom is 0.234 e. The molecule has 1 saturated carbocycles. The number of rotatable bonds is 7. The van der Waals surface area contributed by atoms with Crippen LogP contribution in [0, 0.1) is 0 Å². The summed E-state index contributed by atoms with van der Waals surface area (Å²) in [7, 11) is 1.69. The van der Waals surface area contributed by atoms with Gasteiger partial charge in [0.1, 0.15) is 0 Å². The number of hydrogen-bond donors (Lipinski definition) is 2. The first kappa shape index (κ1) is 12.5. The first-order valence-corrected chi connectivity index (χ1v) is 5.82. The Labute approximate surface area is 91.8 Å². The summed E-state index contributed by atoms with van der Waals surface area (Å²) >= 11 is 0. The molecule has 0 saturated heterocycles. The predicted molar refractivity (Wildman–Crippen MR) is 59.8 cm³/mol. The Morgan fingerprint density at radius 1 is 1.40 bits per heavy atom. The van der Waals surface area contributed by atoms with Crippen LogP contribution < -0.4 is 10.6 Å². The fourth-order valence-electron chi connectivity index (χ4n) is 1.89. The number of ether oxygens (including phenoxy) is 1. The van der Waals surface area contributed by atoms with Gasteiger partial charge in [0.15, 0.2) is 0 Å². The molecule has 0 radical (unpaired) electrons. The van der Waals surface area contributed by atoms with Gasteiger partial charge >= 0.3 is 0 Å². The Morgan fingerprint density at radius 3 is 2.80 bits per heavy atom. The second-order valence-corrected chi connectivity index (χ2v) is 4.07. The molecule has 1 fully saturated rings. The molecule has 1 amide bonds. The summed E-state index contributed by atoms with van der Waals surface area (Å²) in [6.07, 6.45) is 5.76. The zero-order valence-electron chi connectivity index (χ0n) is 9.55. The van der Waals surface area contributed by atoms with Crippen LogP contribution in [0.3, 0.4) is 0 Å². The number of hydrogen-bond acceptors (Lipinski definition) is 3. The first-order chi connectivity index (χ1) is 7.33. The van der Waals surface area contributed by atoms with Crippen molar-refractivity contribution in [2.45, 2.75) is 38.1 Å². The third-order valence-electron chi connectivity index (χ3n) is 2.71. The van der Waals surface area contributed by atoms with Crippen molar-refractivity contribution < 1.29 is 9.53 Å². The van der Waals surface area contributed by atoms with E-state index >= 15 is 0 Å². The lowest BCUT2D eigenvalue weighted by atomic mass is 10.2. The minimum absolute atomic E-state index is 0.124. The SMILES string of the molecule is COCCCNCC(=O)NC1CCCC1. The van der Waals surface area contributed by atoms with Crippen LogP contribution in [0.2, 0.25) is 0 Å². The zero-order chi connectivity index (χ0) is 10.9. The third kappa shape index (κ3) is 5.74. The van der Waals surface area contributed by atoms with Crippen molar-refractivity contribution in [3.05, 3.63) is 0 Å². The number of amides is 1. The van der Waals surface area contributed by atoms with Gasteiger partial charge in [-0.15, -0.1) is 0 Å². The fourth-order valence-corrected chi connectivity index (χ4v) is 1.89. The van der Waals surface area contributed by atoms with Gasteiger partial charge in [0.05, 0.1) is 6.54 Å². The summed E-state index contributed by atoms with van der Waals surface area (Å²) in [5, 5.41) is 6.14. The number of methoxy groups -OCH3 is 1. The molecule has 0 heterocycles. The third-order valence-corrected chi connectivity index (χ3v) is 2.71. The highest BCUT2D eigenvalue weighted by molar-refractivity contribution is 5.78. The summed E-state index contributed by atoms with van der Waals surface area (Å²) in [6, 6.07) is 0.429. The second-order valence-electron chi connectivity index (χ2n) is 4.07. The lowest BCUT2D eigenvalue weighted by Crippen LogP contribution is -2.39. The molecule has 2 N–H and O–H groups in total. The lowest BCUT2D eigenvalue weighted by molar-refractivity contribution is -0.120. The number of nitrogens with one attached hydrogen (secondary N) is 2.